The molecule has 0 atom stereocenters. The lowest BCUT2D eigenvalue weighted by atomic mass is 10.1. The Morgan fingerprint density at radius 2 is 2.03 bits per heavy atom. The molecule has 0 bridgehead atoms. The number of fused-ring (bicyclic) bond motifs is 1. The number of nitrogens with zero attached hydrogens (tertiary/aromatic N) is 5. The van der Waals surface area contributed by atoms with Crippen LogP contribution in [0.2, 0.25) is 0 Å². The number of benzene rings is 1. The van der Waals surface area contributed by atoms with E-state index < -0.39 is 11.7 Å². The summed E-state index contributed by atoms with van der Waals surface area (Å²) >= 11 is 0. The van der Waals surface area contributed by atoms with Crippen LogP contribution in [-0.4, -0.2) is 29.3 Å². The summed E-state index contributed by atoms with van der Waals surface area (Å²) in [7, 11) is 0. The van der Waals surface area contributed by atoms with Gasteiger partial charge in [-0.3, -0.25) is 14.0 Å². The first-order valence-corrected chi connectivity index (χ1v) is 10.5. The van der Waals surface area contributed by atoms with Gasteiger partial charge in [0.1, 0.15) is 11.6 Å². The number of hydrogen-bond donors (Lipinski definition) is 1. The van der Waals surface area contributed by atoms with E-state index in [1.165, 1.54) is 10.7 Å². The molecule has 1 N–H and O–H groups in total. The van der Waals surface area contributed by atoms with Crippen molar-refractivity contribution in [3.8, 4) is 11.4 Å². The Bertz CT molecular complexity index is 1350. The Hall–Kier alpha value is -3.43. The van der Waals surface area contributed by atoms with E-state index in [0.29, 0.717) is 40.6 Å². The van der Waals surface area contributed by atoms with Gasteiger partial charge in [-0.25, -0.2) is 9.97 Å². The fraction of sp³-hybridized carbons (Fsp3) is 0.364. The van der Waals surface area contributed by atoms with Gasteiger partial charge in [-0.2, -0.15) is 18.3 Å². The molecule has 1 aliphatic carbocycles. The molecule has 0 unspecified atom stereocenters. The quantitative estimate of drug-likeness (QED) is 0.482. The Kier molecular flexibility index (Phi) is 4.87. The van der Waals surface area contributed by atoms with Gasteiger partial charge in [-0.05, 0) is 37.0 Å². The molecule has 4 aromatic rings. The van der Waals surface area contributed by atoms with Crippen molar-refractivity contribution in [1.29, 1.82) is 0 Å². The Labute approximate surface area is 180 Å². The molecular weight excluding hydrogens is 421 g/mol. The molecular formula is C22H21F3N6O. The molecule has 3 aromatic heterocycles. The van der Waals surface area contributed by atoms with Gasteiger partial charge in [0.05, 0.1) is 23.9 Å². The fourth-order valence-corrected chi connectivity index (χ4v) is 3.84. The van der Waals surface area contributed by atoms with Crippen LogP contribution in [0.25, 0.3) is 22.6 Å². The summed E-state index contributed by atoms with van der Waals surface area (Å²) in [5, 5.41) is 4.25. The molecule has 0 aliphatic heterocycles. The van der Waals surface area contributed by atoms with Crippen molar-refractivity contribution in [3.05, 3.63) is 64.0 Å². The van der Waals surface area contributed by atoms with Gasteiger partial charge in [0.25, 0.3) is 5.56 Å². The van der Waals surface area contributed by atoms with E-state index in [9.17, 15) is 18.0 Å². The molecule has 32 heavy (non-hydrogen) atoms. The smallest absolute Gasteiger partial charge is 0.332 e. The van der Waals surface area contributed by atoms with Crippen LogP contribution in [0.4, 0.5) is 13.2 Å². The number of halogens is 3. The van der Waals surface area contributed by atoms with Crippen LogP contribution >= 0.6 is 0 Å². The molecule has 1 fully saturated rings. The molecule has 0 spiro atoms. The second-order valence-corrected chi connectivity index (χ2v) is 8.11. The van der Waals surface area contributed by atoms with E-state index in [1.54, 1.807) is 23.0 Å². The van der Waals surface area contributed by atoms with Crippen molar-refractivity contribution < 1.29 is 13.2 Å². The number of imidazole rings is 1. The molecule has 3 heterocycles. The van der Waals surface area contributed by atoms with Gasteiger partial charge in [0, 0.05) is 18.7 Å². The zero-order chi connectivity index (χ0) is 22.5. The van der Waals surface area contributed by atoms with Crippen molar-refractivity contribution in [2.45, 2.75) is 51.4 Å². The summed E-state index contributed by atoms with van der Waals surface area (Å²) in [6.45, 7) is 2.80. The third kappa shape index (κ3) is 3.80. The summed E-state index contributed by atoms with van der Waals surface area (Å²) in [5.74, 6) is 1.56. The van der Waals surface area contributed by atoms with E-state index in [4.69, 9.17) is 0 Å². The summed E-state index contributed by atoms with van der Waals surface area (Å²) in [6.07, 6.45) is 1.75. The van der Waals surface area contributed by atoms with E-state index in [0.717, 1.165) is 37.2 Å². The molecule has 10 heteroatoms. The van der Waals surface area contributed by atoms with Crippen LogP contribution in [-0.2, 0) is 19.3 Å². The Balaban J connectivity index is 1.46. The molecule has 1 aromatic carbocycles. The van der Waals surface area contributed by atoms with E-state index >= 15 is 0 Å². The van der Waals surface area contributed by atoms with Gasteiger partial charge >= 0.3 is 6.18 Å². The monoisotopic (exact) mass is 442 g/mol. The predicted octanol–water partition coefficient (Wildman–Crippen LogP) is 4.34. The first-order chi connectivity index (χ1) is 15.3. The zero-order valence-electron chi connectivity index (χ0n) is 17.4. The van der Waals surface area contributed by atoms with Crippen LogP contribution in [0.1, 0.15) is 49.1 Å². The first kappa shape index (κ1) is 20.5. The van der Waals surface area contributed by atoms with Crippen LogP contribution in [0, 0.1) is 0 Å². The minimum Gasteiger partial charge on any atom is -0.332 e. The lowest BCUT2D eigenvalue weighted by Gasteiger charge is -2.09. The number of H-pyrrole nitrogens is 1. The topological polar surface area (TPSA) is 81.4 Å². The Morgan fingerprint density at radius 1 is 1.22 bits per heavy atom. The SMILES string of the molecule is CCCn1c(C2CC2)nc2nc(-c3cnn(Cc4cccc(C(F)(F)F)c4)c3)[nH]c2c1=O. The minimum atomic E-state index is -4.39. The van der Waals surface area contributed by atoms with Crippen LogP contribution in [0.5, 0.6) is 0 Å². The predicted molar refractivity (Wildman–Crippen MR) is 112 cm³/mol. The third-order valence-corrected chi connectivity index (χ3v) is 5.54. The van der Waals surface area contributed by atoms with Crippen LogP contribution < -0.4 is 5.56 Å². The molecule has 5 rings (SSSR count). The molecule has 0 amide bonds. The number of hydrogen-bond acceptors (Lipinski definition) is 4. The standard InChI is InChI=1S/C22H21F3N6O/c1-2-8-31-20(14-6-7-14)29-19-17(21(31)32)27-18(28-19)15-10-26-30(12-15)11-13-4-3-5-16(9-13)22(23,24)25/h3-5,9-10,12,14H,2,6-8,11H2,1H3,(H,27,28). The highest BCUT2D eigenvalue weighted by atomic mass is 19.4. The maximum absolute atomic E-state index is 13.0. The van der Waals surface area contributed by atoms with Crippen molar-refractivity contribution in [1.82, 2.24) is 29.3 Å². The van der Waals surface area contributed by atoms with E-state index in [-0.39, 0.29) is 12.1 Å². The van der Waals surface area contributed by atoms with Gasteiger partial charge in [-0.15, -0.1) is 0 Å². The van der Waals surface area contributed by atoms with Gasteiger partial charge in [0.2, 0.25) is 0 Å². The highest BCUT2D eigenvalue weighted by molar-refractivity contribution is 5.74. The highest BCUT2D eigenvalue weighted by Crippen LogP contribution is 2.39. The lowest BCUT2D eigenvalue weighted by Crippen LogP contribution is -2.25. The summed E-state index contributed by atoms with van der Waals surface area (Å²) < 4.78 is 42.1. The van der Waals surface area contributed by atoms with Crippen molar-refractivity contribution in [2.75, 3.05) is 0 Å². The number of aromatic amines is 1. The molecule has 0 radical (unpaired) electrons. The normalized spacial score (nSPS) is 14.4. The fourth-order valence-electron chi connectivity index (χ4n) is 3.84. The lowest BCUT2D eigenvalue weighted by molar-refractivity contribution is -0.137. The van der Waals surface area contributed by atoms with Crippen LogP contribution in [0.3, 0.4) is 0 Å². The maximum Gasteiger partial charge on any atom is 0.416 e. The second-order valence-electron chi connectivity index (χ2n) is 8.11. The maximum atomic E-state index is 13.0. The summed E-state index contributed by atoms with van der Waals surface area (Å²) in [6, 6.07) is 5.16. The largest absolute Gasteiger partial charge is 0.416 e. The molecule has 1 saturated carbocycles. The second kappa shape index (κ2) is 7.61. The minimum absolute atomic E-state index is 0.131. The van der Waals surface area contributed by atoms with Crippen LogP contribution in [0.15, 0.2) is 41.5 Å². The molecule has 1 aliphatic rings. The van der Waals surface area contributed by atoms with Crippen molar-refractivity contribution in [2.24, 2.45) is 0 Å². The summed E-state index contributed by atoms with van der Waals surface area (Å²) in [5.41, 5.74) is 1.02. The van der Waals surface area contributed by atoms with Gasteiger partial charge in [-0.1, -0.05) is 19.1 Å². The number of alkyl halides is 3. The first-order valence-electron chi connectivity index (χ1n) is 10.5. The third-order valence-electron chi connectivity index (χ3n) is 5.54. The molecule has 0 saturated heterocycles. The van der Waals surface area contributed by atoms with Gasteiger partial charge in [0.15, 0.2) is 11.2 Å². The highest BCUT2D eigenvalue weighted by Gasteiger charge is 2.31. The number of aromatic nitrogens is 6. The Morgan fingerprint density at radius 3 is 2.75 bits per heavy atom. The van der Waals surface area contributed by atoms with Crippen molar-refractivity contribution in [3.63, 3.8) is 0 Å². The van der Waals surface area contributed by atoms with E-state index in [1.807, 2.05) is 6.92 Å². The zero-order valence-corrected chi connectivity index (χ0v) is 17.4. The summed E-state index contributed by atoms with van der Waals surface area (Å²) in [4.78, 5) is 25.2. The average molecular weight is 442 g/mol. The molecule has 166 valence electrons. The number of nitrogens with one attached hydrogen (secondary N) is 1. The van der Waals surface area contributed by atoms with Crippen molar-refractivity contribution >= 4 is 11.2 Å². The average Bonchev–Trinajstić information content (AvgIpc) is 3.34. The van der Waals surface area contributed by atoms with Gasteiger partial charge < -0.3 is 4.98 Å². The van der Waals surface area contributed by atoms with E-state index in [2.05, 4.69) is 20.1 Å². The molecule has 7 nitrogen and oxygen atoms in total. The number of rotatable bonds is 6.